The highest BCUT2D eigenvalue weighted by atomic mass is 35.5. The number of fused-ring (bicyclic) bond motifs is 1. The zero-order valence-electron chi connectivity index (χ0n) is 8.57. The van der Waals surface area contributed by atoms with Crippen molar-refractivity contribution in [3.05, 3.63) is 47.0 Å². The highest BCUT2D eigenvalue weighted by molar-refractivity contribution is 6.35. The van der Waals surface area contributed by atoms with Crippen LogP contribution in [0.3, 0.4) is 0 Å². The standard InChI is InChI=1S/C13H13ClO/c1-9(8-15)11-6-5-10-3-2-4-13(14)12(10)7-11/h2-7,9,15H,8H2,1H3. The van der Waals surface area contributed by atoms with Gasteiger partial charge in [0.15, 0.2) is 0 Å². The summed E-state index contributed by atoms with van der Waals surface area (Å²) in [5.41, 5.74) is 1.12. The molecule has 0 spiro atoms. The smallest absolute Gasteiger partial charge is 0.0497 e. The van der Waals surface area contributed by atoms with E-state index in [1.54, 1.807) is 0 Å². The van der Waals surface area contributed by atoms with Crippen LogP contribution in [0.5, 0.6) is 0 Å². The summed E-state index contributed by atoms with van der Waals surface area (Å²) in [6.45, 7) is 2.16. The molecule has 15 heavy (non-hydrogen) atoms. The lowest BCUT2D eigenvalue weighted by atomic mass is 9.98. The van der Waals surface area contributed by atoms with Crippen LogP contribution >= 0.6 is 11.6 Å². The Bertz CT molecular complexity index is 479. The van der Waals surface area contributed by atoms with Gasteiger partial charge in [-0.3, -0.25) is 0 Å². The fourth-order valence-corrected chi connectivity index (χ4v) is 1.90. The Kier molecular flexibility index (Phi) is 2.94. The first-order chi connectivity index (χ1) is 7.22. The second-order valence-electron chi connectivity index (χ2n) is 3.80. The van der Waals surface area contributed by atoms with Crippen molar-refractivity contribution in [2.75, 3.05) is 6.61 Å². The van der Waals surface area contributed by atoms with Gasteiger partial charge in [0.2, 0.25) is 0 Å². The Labute approximate surface area is 94.3 Å². The molecular weight excluding hydrogens is 208 g/mol. The molecule has 78 valence electrons. The van der Waals surface area contributed by atoms with Crippen molar-refractivity contribution >= 4 is 22.4 Å². The highest BCUT2D eigenvalue weighted by Crippen LogP contribution is 2.26. The number of benzene rings is 2. The van der Waals surface area contributed by atoms with Crippen molar-refractivity contribution < 1.29 is 5.11 Å². The largest absolute Gasteiger partial charge is 0.396 e. The number of aliphatic hydroxyl groups excluding tert-OH is 1. The molecule has 1 unspecified atom stereocenters. The highest BCUT2D eigenvalue weighted by Gasteiger charge is 2.05. The Morgan fingerprint density at radius 2 is 2.07 bits per heavy atom. The molecule has 2 aromatic carbocycles. The summed E-state index contributed by atoms with van der Waals surface area (Å²) in [6.07, 6.45) is 0. The van der Waals surface area contributed by atoms with Crippen LogP contribution in [0.4, 0.5) is 0 Å². The minimum atomic E-state index is 0.158. The topological polar surface area (TPSA) is 20.2 Å². The molecule has 0 aliphatic rings. The van der Waals surface area contributed by atoms with Crippen molar-refractivity contribution in [1.29, 1.82) is 0 Å². The molecule has 1 nitrogen and oxygen atoms in total. The third-order valence-electron chi connectivity index (χ3n) is 2.70. The number of halogens is 1. The van der Waals surface area contributed by atoms with E-state index in [2.05, 4.69) is 6.07 Å². The van der Waals surface area contributed by atoms with E-state index >= 15 is 0 Å². The lowest BCUT2D eigenvalue weighted by molar-refractivity contribution is 0.273. The summed E-state index contributed by atoms with van der Waals surface area (Å²) in [4.78, 5) is 0. The quantitative estimate of drug-likeness (QED) is 0.820. The third-order valence-corrected chi connectivity index (χ3v) is 3.03. The van der Waals surface area contributed by atoms with E-state index < -0.39 is 0 Å². The molecule has 0 radical (unpaired) electrons. The van der Waals surface area contributed by atoms with Crippen LogP contribution in [0.15, 0.2) is 36.4 Å². The predicted octanol–water partition coefficient (Wildman–Crippen LogP) is 3.59. The van der Waals surface area contributed by atoms with Crippen LogP contribution in [0, 0.1) is 0 Å². The molecule has 1 atom stereocenters. The van der Waals surface area contributed by atoms with Gasteiger partial charge in [0.05, 0.1) is 0 Å². The van der Waals surface area contributed by atoms with Crippen molar-refractivity contribution in [2.24, 2.45) is 0 Å². The van der Waals surface area contributed by atoms with E-state index in [1.807, 2.05) is 37.3 Å². The van der Waals surface area contributed by atoms with Crippen LogP contribution in [-0.2, 0) is 0 Å². The van der Waals surface area contributed by atoms with Gasteiger partial charge in [0.25, 0.3) is 0 Å². The molecule has 0 fully saturated rings. The molecule has 2 heteroatoms. The SMILES string of the molecule is CC(CO)c1ccc2cccc(Cl)c2c1. The molecule has 0 bridgehead atoms. The maximum Gasteiger partial charge on any atom is 0.0497 e. The lowest BCUT2D eigenvalue weighted by Crippen LogP contribution is -1.98. The maximum atomic E-state index is 9.10. The average molecular weight is 221 g/mol. The minimum absolute atomic E-state index is 0.158. The third kappa shape index (κ3) is 1.99. The molecular formula is C13H13ClO. The van der Waals surface area contributed by atoms with Crippen LogP contribution in [0.1, 0.15) is 18.4 Å². The van der Waals surface area contributed by atoms with Gasteiger partial charge in [-0.15, -0.1) is 0 Å². The van der Waals surface area contributed by atoms with Crippen molar-refractivity contribution in [2.45, 2.75) is 12.8 Å². The Morgan fingerprint density at radius 3 is 2.80 bits per heavy atom. The minimum Gasteiger partial charge on any atom is -0.396 e. The van der Waals surface area contributed by atoms with E-state index in [9.17, 15) is 0 Å². The first-order valence-corrected chi connectivity index (χ1v) is 5.39. The number of hydrogen-bond donors (Lipinski definition) is 1. The first kappa shape index (κ1) is 10.5. The van der Waals surface area contributed by atoms with Gasteiger partial charge < -0.3 is 5.11 Å². The van der Waals surface area contributed by atoms with Gasteiger partial charge in [0, 0.05) is 22.9 Å². The Hall–Kier alpha value is -1.05. The second-order valence-corrected chi connectivity index (χ2v) is 4.21. The van der Waals surface area contributed by atoms with Crippen LogP contribution < -0.4 is 0 Å². The second kappa shape index (κ2) is 4.21. The van der Waals surface area contributed by atoms with E-state index in [0.29, 0.717) is 0 Å². The van der Waals surface area contributed by atoms with E-state index in [1.165, 1.54) is 0 Å². The summed E-state index contributed by atoms with van der Waals surface area (Å²) in [7, 11) is 0. The summed E-state index contributed by atoms with van der Waals surface area (Å²) >= 11 is 6.11. The van der Waals surface area contributed by atoms with Crippen LogP contribution in [0.25, 0.3) is 10.8 Å². The predicted molar refractivity (Wildman–Crippen MR) is 64.5 cm³/mol. The summed E-state index contributed by atoms with van der Waals surface area (Å²) < 4.78 is 0. The van der Waals surface area contributed by atoms with E-state index in [-0.39, 0.29) is 12.5 Å². The monoisotopic (exact) mass is 220 g/mol. The molecule has 1 N–H and O–H groups in total. The van der Waals surface area contributed by atoms with Gasteiger partial charge in [-0.25, -0.2) is 0 Å². The molecule has 2 rings (SSSR count). The molecule has 0 aliphatic carbocycles. The van der Waals surface area contributed by atoms with Crippen molar-refractivity contribution in [1.82, 2.24) is 0 Å². The van der Waals surface area contributed by atoms with Crippen LogP contribution in [-0.4, -0.2) is 11.7 Å². The number of hydrogen-bond acceptors (Lipinski definition) is 1. The maximum absolute atomic E-state index is 9.10. The molecule has 0 saturated heterocycles. The fourth-order valence-electron chi connectivity index (χ4n) is 1.66. The number of rotatable bonds is 2. The summed E-state index contributed by atoms with van der Waals surface area (Å²) in [5.74, 6) is 0.158. The van der Waals surface area contributed by atoms with Gasteiger partial charge in [-0.1, -0.05) is 42.8 Å². The van der Waals surface area contributed by atoms with Gasteiger partial charge >= 0.3 is 0 Å². The first-order valence-electron chi connectivity index (χ1n) is 5.01. The van der Waals surface area contributed by atoms with Crippen molar-refractivity contribution in [3.63, 3.8) is 0 Å². The summed E-state index contributed by atoms with van der Waals surface area (Å²) in [5, 5.41) is 12.0. The Balaban J connectivity index is 2.59. The van der Waals surface area contributed by atoms with Gasteiger partial charge in [0.1, 0.15) is 0 Å². The molecule has 0 aromatic heterocycles. The fraction of sp³-hybridized carbons (Fsp3) is 0.231. The summed E-state index contributed by atoms with van der Waals surface area (Å²) in [6, 6.07) is 12.0. The zero-order chi connectivity index (χ0) is 10.8. The molecule has 0 amide bonds. The van der Waals surface area contributed by atoms with Gasteiger partial charge in [-0.05, 0) is 23.1 Å². The normalized spacial score (nSPS) is 13.0. The van der Waals surface area contributed by atoms with Crippen molar-refractivity contribution in [3.8, 4) is 0 Å². The van der Waals surface area contributed by atoms with E-state index in [4.69, 9.17) is 16.7 Å². The Morgan fingerprint density at radius 1 is 1.27 bits per heavy atom. The molecule has 0 aliphatic heterocycles. The van der Waals surface area contributed by atoms with E-state index in [0.717, 1.165) is 21.4 Å². The molecule has 0 heterocycles. The van der Waals surface area contributed by atoms with Gasteiger partial charge in [-0.2, -0.15) is 0 Å². The average Bonchev–Trinajstić information content (AvgIpc) is 2.28. The molecule has 2 aromatic rings. The lowest BCUT2D eigenvalue weighted by Gasteiger charge is -2.09. The molecule has 0 saturated carbocycles. The number of aliphatic hydroxyl groups is 1. The zero-order valence-corrected chi connectivity index (χ0v) is 9.33. The van der Waals surface area contributed by atoms with Crippen LogP contribution in [0.2, 0.25) is 5.02 Å².